The summed E-state index contributed by atoms with van der Waals surface area (Å²) >= 11 is 0. The molecule has 1 N–H and O–H groups in total. The van der Waals surface area contributed by atoms with Crippen LogP contribution in [0.25, 0.3) is 10.8 Å². The molecule has 1 atom stereocenters. The van der Waals surface area contributed by atoms with Crippen molar-refractivity contribution in [1.29, 1.82) is 0 Å². The molecule has 4 nitrogen and oxygen atoms in total. The van der Waals surface area contributed by atoms with Crippen molar-refractivity contribution in [2.24, 2.45) is 5.41 Å². The fourth-order valence-electron chi connectivity index (χ4n) is 3.45. The van der Waals surface area contributed by atoms with Gasteiger partial charge in [0.25, 0.3) is 0 Å². The van der Waals surface area contributed by atoms with Crippen LogP contribution in [-0.4, -0.2) is 30.2 Å². The molecular formula is C21H25F3N2O2. The number of carbonyl (C=O) groups is 1. The van der Waals surface area contributed by atoms with Crippen LogP contribution in [0.15, 0.2) is 36.4 Å². The SMILES string of the molecule is CCCCOc1ccc2c([C@H](N3CC(C)(C)C(=O)N3)C(F)(F)F)cccc2c1. The molecule has 2 aromatic carbocycles. The highest BCUT2D eigenvalue weighted by atomic mass is 19.4. The number of hydrazine groups is 1. The summed E-state index contributed by atoms with van der Waals surface area (Å²) in [5.74, 6) is 0.228. The maximum atomic E-state index is 14.0. The third-order valence-electron chi connectivity index (χ3n) is 4.99. The molecule has 0 aromatic heterocycles. The van der Waals surface area contributed by atoms with Gasteiger partial charge in [0.15, 0.2) is 6.04 Å². The topological polar surface area (TPSA) is 41.6 Å². The Morgan fingerprint density at radius 1 is 1.25 bits per heavy atom. The molecule has 0 unspecified atom stereocenters. The molecule has 1 heterocycles. The van der Waals surface area contributed by atoms with Gasteiger partial charge in [0.1, 0.15) is 5.75 Å². The summed E-state index contributed by atoms with van der Waals surface area (Å²) in [6.07, 6.45) is -2.63. The van der Waals surface area contributed by atoms with Crippen LogP contribution >= 0.6 is 0 Å². The van der Waals surface area contributed by atoms with E-state index in [0.717, 1.165) is 17.9 Å². The predicted octanol–water partition coefficient (Wildman–Crippen LogP) is 5.00. The Hall–Kier alpha value is -2.28. The maximum absolute atomic E-state index is 14.0. The van der Waals surface area contributed by atoms with Gasteiger partial charge < -0.3 is 4.74 Å². The van der Waals surface area contributed by atoms with E-state index in [9.17, 15) is 18.0 Å². The summed E-state index contributed by atoms with van der Waals surface area (Å²) in [6, 6.07) is 8.04. The minimum absolute atomic E-state index is 0.0232. The van der Waals surface area contributed by atoms with Crippen molar-refractivity contribution < 1.29 is 22.7 Å². The highest BCUT2D eigenvalue weighted by molar-refractivity contribution is 5.88. The lowest BCUT2D eigenvalue weighted by Crippen LogP contribution is -2.43. The fraction of sp³-hybridized carbons (Fsp3) is 0.476. The fourth-order valence-corrected chi connectivity index (χ4v) is 3.45. The van der Waals surface area contributed by atoms with Crippen LogP contribution in [0.2, 0.25) is 0 Å². The normalized spacial score (nSPS) is 18.3. The lowest BCUT2D eigenvalue weighted by atomic mass is 9.93. The molecule has 0 bridgehead atoms. The van der Waals surface area contributed by atoms with Crippen molar-refractivity contribution in [3.05, 3.63) is 42.0 Å². The first kappa shape index (κ1) is 20.5. The Kier molecular flexibility index (Phi) is 5.57. The van der Waals surface area contributed by atoms with Gasteiger partial charge in [-0.1, -0.05) is 37.6 Å². The number of hydrogen-bond acceptors (Lipinski definition) is 3. The van der Waals surface area contributed by atoms with E-state index in [4.69, 9.17) is 4.74 Å². The molecule has 152 valence electrons. The van der Waals surface area contributed by atoms with Crippen LogP contribution in [0.4, 0.5) is 13.2 Å². The summed E-state index contributed by atoms with van der Waals surface area (Å²) in [5.41, 5.74) is 1.64. The first-order valence-corrected chi connectivity index (χ1v) is 9.43. The zero-order chi connectivity index (χ0) is 20.5. The minimum atomic E-state index is -4.54. The van der Waals surface area contributed by atoms with Crippen molar-refractivity contribution in [2.75, 3.05) is 13.2 Å². The lowest BCUT2D eigenvalue weighted by molar-refractivity contribution is -0.191. The number of hydrogen-bond donors (Lipinski definition) is 1. The quantitative estimate of drug-likeness (QED) is 0.702. The summed E-state index contributed by atoms with van der Waals surface area (Å²) < 4.78 is 47.8. The number of alkyl halides is 3. The van der Waals surface area contributed by atoms with Crippen LogP contribution in [-0.2, 0) is 4.79 Å². The molecule has 0 saturated carbocycles. The molecule has 1 amide bonds. The highest BCUT2D eigenvalue weighted by Gasteiger charge is 2.51. The monoisotopic (exact) mass is 394 g/mol. The van der Waals surface area contributed by atoms with Crippen LogP contribution in [0.5, 0.6) is 5.75 Å². The first-order valence-electron chi connectivity index (χ1n) is 9.43. The van der Waals surface area contributed by atoms with Gasteiger partial charge in [-0.15, -0.1) is 0 Å². The Labute approximate surface area is 162 Å². The van der Waals surface area contributed by atoms with E-state index >= 15 is 0 Å². The van der Waals surface area contributed by atoms with Crippen molar-refractivity contribution in [3.8, 4) is 5.75 Å². The molecule has 1 aliphatic heterocycles. The predicted molar refractivity (Wildman–Crippen MR) is 102 cm³/mol. The standard InChI is InChI=1S/C21H25F3N2O2/c1-4-5-11-28-15-9-10-16-14(12-15)7-6-8-17(16)18(21(22,23)24)26-13-20(2,3)19(27)25-26/h6-10,12,18H,4-5,11,13H2,1-3H3,(H,25,27)/t18-/m0/s1. The summed E-state index contributed by atoms with van der Waals surface area (Å²) in [4.78, 5) is 12.1. The minimum Gasteiger partial charge on any atom is -0.494 e. The Balaban J connectivity index is 2.00. The zero-order valence-corrected chi connectivity index (χ0v) is 16.3. The number of unbranched alkanes of at least 4 members (excludes halogenated alkanes) is 1. The number of nitrogens with one attached hydrogen (secondary N) is 1. The van der Waals surface area contributed by atoms with Crippen molar-refractivity contribution in [1.82, 2.24) is 10.4 Å². The van der Waals surface area contributed by atoms with Crippen LogP contribution in [0, 0.1) is 5.41 Å². The first-order chi connectivity index (χ1) is 13.1. The molecule has 0 spiro atoms. The third kappa shape index (κ3) is 4.09. The molecule has 0 aliphatic carbocycles. The van der Waals surface area contributed by atoms with Crippen molar-refractivity contribution >= 4 is 16.7 Å². The van der Waals surface area contributed by atoms with Gasteiger partial charge in [0.2, 0.25) is 5.91 Å². The number of benzene rings is 2. The van der Waals surface area contributed by atoms with Gasteiger partial charge in [0.05, 0.1) is 12.0 Å². The third-order valence-corrected chi connectivity index (χ3v) is 4.99. The van der Waals surface area contributed by atoms with E-state index in [1.54, 1.807) is 44.2 Å². The summed E-state index contributed by atoms with van der Waals surface area (Å²) in [6.45, 7) is 5.88. The average molecular weight is 394 g/mol. The second-order valence-electron chi connectivity index (χ2n) is 7.83. The summed E-state index contributed by atoms with van der Waals surface area (Å²) in [5, 5.41) is 2.17. The second-order valence-corrected chi connectivity index (χ2v) is 7.83. The van der Waals surface area contributed by atoms with Gasteiger partial charge >= 0.3 is 6.18 Å². The number of rotatable bonds is 6. The van der Waals surface area contributed by atoms with Gasteiger partial charge in [-0.3, -0.25) is 10.2 Å². The van der Waals surface area contributed by atoms with E-state index in [-0.39, 0.29) is 12.1 Å². The molecule has 3 rings (SSSR count). The van der Waals surface area contributed by atoms with Gasteiger partial charge in [-0.25, -0.2) is 5.01 Å². The Morgan fingerprint density at radius 3 is 2.61 bits per heavy atom. The van der Waals surface area contributed by atoms with Gasteiger partial charge in [0, 0.05) is 6.54 Å². The van der Waals surface area contributed by atoms with Crippen molar-refractivity contribution in [3.63, 3.8) is 0 Å². The molecule has 1 fully saturated rings. The number of ether oxygens (including phenoxy) is 1. The lowest BCUT2D eigenvalue weighted by Gasteiger charge is -2.30. The van der Waals surface area contributed by atoms with E-state index in [1.807, 2.05) is 0 Å². The number of halogens is 3. The smallest absolute Gasteiger partial charge is 0.409 e. The van der Waals surface area contributed by atoms with Gasteiger partial charge in [-0.2, -0.15) is 13.2 Å². The average Bonchev–Trinajstić information content (AvgIpc) is 2.86. The summed E-state index contributed by atoms with van der Waals surface area (Å²) in [7, 11) is 0. The van der Waals surface area contributed by atoms with Gasteiger partial charge in [-0.05, 0) is 48.7 Å². The van der Waals surface area contributed by atoms with E-state index < -0.39 is 23.5 Å². The highest BCUT2D eigenvalue weighted by Crippen LogP contribution is 2.43. The number of amides is 1. The maximum Gasteiger partial charge on any atom is 0.409 e. The zero-order valence-electron chi connectivity index (χ0n) is 16.3. The largest absolute Gasteiger partial charge is 0.494 e. The molecule has 28 heavy (non-hydrogen) atoms. The van der Waals surface area contributed by atoms with Crippen LogP contribution in [0.1, 0.15) is 45.2 Å². The molecule has 2 aromatic rings. The molecule has 1 aliphatic rings. The number of carbonyl (C=O) groups excluding carboxylic acids is 1. The molecular weight excluding hydrogens is 369 g/mol. The van der Waals surface area contributed by atoms with Crippen molar-refractivity contribution in [2.45, 2.75) is 45.8 Å². The Bertz CT molecular complexity index is 864. The second kappa shape index (κ2) is 7.62. The van der Waals surface area contributed by atoms with Crippen LogP contribution in [0.3, 0.4) is 0 Å². The van der Waals surface area contributed by atoms with E-state index in [2.05, 4.69) is 12.3 Å². The van der Waals surface area contributed by atoms with Crippen LogP contribution < -0.4 is 10.2 Å². The Morgan fingerprint density at radius 2 is 2.00 bits per heavy atom. The number of nitrogens with zero attached hydrogens (tertiary/aromatic N) is 1. The molecule has 0 radical (unpaired) electrons. The van der Waals surface area contributed by atoms with E-state index in [0.29, 0.717) is 23.1 Å². The molecule has 7 heteroatoms. The van der Waals surface area contributed by atoms with E-state index in [1.165, 1.54) is 6.07 Å². The number of fused-ring (bicyclic) bond motifs is 1. The molecule has 1 saturated heterocycles.